The number of hydrogen-bond donors (Lipinski definition) is 0. The molecule has 0 radical (unpaired) electrons. The molecule has 0 amide bonds. The van der Waals surface area contributed by atoms with Crippen LogP contribution in [0.2, 0.25) is 5.02 Å². The van der Waals surface area contributed by atoms with Crippen LogP contribution in [0, 0.1) is 48.5 Å². The third kappa shape index (κ3) is 14.0. The van der Waals surface area contributed by atoms with E-state index in [4.69, 9.17) is 21.1 Å². The van der Waals surface area contributed by atoms with Crippen molar-refractivity contribution in [2.45, 2.75) is 72.8 Å². The third-order valence-electron chi connectivity index (χ3n) is 9.42. The molecule has 3 heterocycles. The van der Waals surface area contributed by atoms with Crippen LogP contribution in [0.5, 0.6) is 11.5 Å². The van der Waals surface area contributed by atoms with Gasteiger partial charge < -0.3 is 9.47 Å². The minimum absolute atomic E-state index is 0.00106. The molecule has 6 aromatic rings. The van der Waals surface area contributed by atoms with Gasteiger partial charge in [0, 0.05) is 34.2 Å². The largest absolute Gasteiger partial charge is 0.484 e. The topological polar surface area (TPSA) is 108 Å². The van der Waals surface area contributed by atoms with E-state index in [9.17, 15) is 14.4 Å². The van der Waals surface area contributed by atoms with E-state index in [1.807, 2.05) is 110 Å². The number of pyridine rings is 3. The summed E-state index contributed by atoms with van der Waals surface area (Å²) in [5, 5.41) is 1.54. The fraction of sp³-hybridized carbons (Fsp3) is 0.265. The molecular weight excluding hydrogens is 778 g/mol. The molecule has 8 nitrogen and oxygen atoms in total. The van der Waals surface area contributed by atoms with Crippen molar-refractivity contribution in [1.29, 1.82) is 0 Å². The van der Waals surface area contributed by atoms with E-state index in [2.05, 4.69) is 34.0 Å². The van der Waals surface area contributed by atoms with Crippen LogP contribution in [0.1, 0.15) is 79.2 Å². The minimum atomic E-state index is -0.622. The second-order valence-corrected chi connectivity index (χ2v) is 16.2. The lowest BCUT2D eigenvalue weighted by Crippen LogP contribution is -2.33. The summed E-state index contributed by atoms with van der Waals surface area (Å²) in [7, 11) is 0. The fourth-order valence-electron chi connectivity index (χ4n) is 6.43. The summed E-state index contributed by atoms with van der Waals surface area (Å²) in [5.74, 6) is 1.82. The van der Waals surface area contributed by atoms with Gasteiger partial charge in [-0.2, -0.15) is 0 Å². The van der Waals surface area contributed by atoms with Gasteiger partial charge in [0.05, 0.1) is 28.6 Å². The summed E-state index contributed by atoms with van der Waals surface area (Å²) < 4.78 is 11.0. The molecule has 0 bridgehead atoms. The summed E-state index contributed by atoms with van der Waals surface area (Å²) in [5.41, 5.74) is 9.30. The molecule has 0 aliphatic carbocycles. The van der Waals surface area contributed by atoms with Crippen molar-refractivity contribution in [1.82, 2.24) is 15.0 Å². The molecule has 6 rings (SSSR count). The zero-order chi connectivity index (χ0) is 43.1. The lowest BCUT2D eigenvalue weighted by molar-refractivity contribution is -0.125. The van der Waals surface area contributed by atoms with Gasteiger partial charge in [-0.3, -0.25) is 24.4 Å². The van der Waals surface area contributed by atoms with Crippen molar-refractivity contribution in [2.75, 3.05) is 19.0 Å². The average Bonchev–Trinajstić information content (AvgIpc) is 3.19. The van der Waals surface area contributed by atoms with Gasteiger partial charge in [-0.15, -0.1) is 0 Å². The summed E-state index contributed by atoms with van der Waals surface area (Å²) in [6.45, 7) is 17.7. The van der Waals surface area contributed by atoms with Gasteiger partial charge in [-0.25, -0.2) is 4.98 Å². The number of rotatable bonds is 13. The van der Waals surface area contributed by atoms with Crippen LogP contribution in [0.25, 0.3) is 0 Å². The lowest BCUT2D eigenvalue weighted by atomic mass is 9.81. The van der Waals surface area contributed by atoms with E-state index in [1.54, 1.807) is 49.1 Å². The Morgan fingerprint density at radius 2 is 1.20 bits per heavy atom. The number of aryl methyl sites for hydroxylation is 7. The maximum atomic E-state index is 12.4. The molecule has 0 saturated carbocycles. The Balaban J connectivity index is 0.000000196. The maximum absolute atomic E-state index is 12.4. The van der Waals surface area contributed by atoms with Crippen LogP contribution in [0.3, 0.4) is 0 Å². The quantitative estimate of drug-likeness (QED) is 0.0830. The van der Waals surface area contributed by atoms with Crippen molar-refractivity contribution in [3.8, 4) is 11.5 Å². The highest BCUT2D eigenvalue weighted by Crippen LogP contribution is 2.26. The molecule has 0 atom stereocenters. The van der Waals surface area contributed by atoms with Crippen LogP contribution in [0.15, 0.2) is 121 Å². The molecule has 306 valence electrons. The number of aromatic nitrogens is 3. The molecule has 0 unspecified atom stereocenters. The van der Waals surface area contributed by atoms with Gasteiger partial charge in [0.2, 0.25) is 5.78 Å². The Morgan fingerprint density at radius 1 is 0.627 bits per heavy atom. The predicted molar refractivity (Wildman–Crippen MR) is 239 cm³/mol. The second-order valence-electron chi connectivity index (χ2n) is 14.8. The number of ketones is 3. The first-order chi connectivity index (χ1) is 28.0. The summed E-state index contributed by atoms with van der Waals surface area (Å²) in [6.07, 6.45) is 6.64. The van der Waals surface area contributed by atoms with Crippen LogP contribution in [0.4, 0.5) is 0 Å². The molecule has 0 saturated heterocycles. The van der Waals surface area contributed by atoms with E-state index in [0.717, 1.165) is 49.7 Å². The molecule has 59 heavy (non-hydrogen) atoms. The van der Waals surface area contributed by atoms with Gasteiger partial charge >= 0.3 is 0 Å². The van der Waals surface area contributed by atoms with Crippen LogP contribution in [-0.2, 0) is 10.2 Å². The molecule has 3 aromatic heterocycles. The van der Waals surface area contributed by atoms with Crippen molar-refractivity contribution in [3.63, 3.8) is 0 Å². The number of Topliss-reactive ketones (excluding diaryl/α,β-unsaturated/α-hetero) is 3. The number of ether oxygens (including phenoxy) is 2. The Kier molecular flexibility index (Phi) is 17.1. The molecule has 3 aromatic carbocycles. The van der Waals surface area contributed by atoms with E-state index < -0.39 is 5.41 Å². The Bertz CT molecular complexity index is 2180. The summed E-state index contributed by atoms with van der Waals surface area (Å²) in [4.78, 5) is 49.3. The number of nitrogens with zero attached hydrogens (tertiary/aromatic N) is 3. The highest BCUT2D eigenvalue weighted by molar-refractivity contribution is 7.99. The van der Waals surface area contributed by atoms with Crippen LogP contribution >= 0.6 is 23.4 Å². The van der Waals surface area contributed by atoms with Crippen molar-refractivity contribution in [3.05, 3.63) is 177 Å². The van der Waals surface area contributed by atoms with Crippen molar-refractivity contribution < 1.29 is 23.9 Å². The lowest BCUT2D eigenvalue weighted by Gasteiger charge is -2.23. The zero-order valence-corrected chi connectivity index (χ0v) is 36.8. The first-order valence-corrected chi connectivity index (χ1v) is 20.5. The molecule has 0 spiro atoms. The average molecular weight is 830 g/mol. The molecule has 0 N–H and O–H groups in total. The number of carbonyl (C=O) groups excluding carboxylic acids is 3. The van der Waals surface area contributed by atoms with Gasteiger partial charge in [0.1, 0.15) is 18.1 Å². The van der Waals surface area contributed by atoms with Crippen molar-refractivity contribution in [2.24, 2.45) is 0 Å². The Morgan fingerprint density at radius 3 is 1.73 bits per heavy atom. The van der Waals surface area contributed by atoms with Gasteiger partial charge in [-0.1, -0.05) is 77.0 Å². The van der Waals surface area contributed by atoms with Gasteiger partial charge in [0.15, 0.2) is 18.2 Å². The van der Waals surface area contributed by atoms with Crippen molar-refractivity contribution >= 4 is 40.7 Å². The maximum Gasteiger partial charge on any atom is 0.200 e. The number of hydrogen-bond acceptors (Lipinski definition) is 9. The van der Waals surface area contributed by atoms with E-state index in [-0.39, 0.29) is 30.6 Å². The highest BCUT2D eigenvalue weighted by Gasteiger charge is 2.30. The smallest absolute Gasteiger partial charge is 0.200 e. The fourth-order valence-corrected chi connectivity index (χ4v) is 7.29. The first-order valence-electron chi connectivity index (χ1n) is 19.2. The normalized spacial score (nSPS) is 10.7. The molecule has 0 aliphatic heterocycles. The standard InChI is InChI=1S/C17H18ClNO2.C16H17NO2.C16H17NOS/c1-12-4-9-15(10-19-12)21-11-16(20)17(2,3)13-5-7-14(18)8-6-13;1-11-7-12(2)16(13(3)8-11)15(18)10-19-14-5-4-6-17-9-14;1-11-8-12(2)16(13(3)9-11)14(18)10-19-15-6-4-5-7-17-15/h4-10H,11H2,1-3H3;2*4-9H,10H2,1-3H3. The van der Waals surface area contributed by atoms with Crippen LogP contribution < -0.4 is 9.47 Å². The summed E-state index contributed by atoms with van der Waals surface area (Å²) >= 11 is 7.36. The van der Waals surface area contributed by atoms with Gasteiger partial charge in [-0.05, 0) is 139 Å². The molecular formula is C49H52ClN3O5S. The molecule has 0 fully saturated rings. The number of benzene rings is 3. The number of thioether (sulfide) groups is 1. The predicted octanol–water partition coefficient (Wildman–Crippen LogP) is 11.2. The van der Waals surface area contributed by atoms with Crippen LogP contribution in [-0.4, -0.2) is 51.3 Å². The Labute approximate surface area is 357 Å². The summed E-state index contributed by atoms with van der Waals surface area (Å²) in [6, 6.07) is 28.4. The minimum Gasteiger partial charge on any atom is -0.484 e. The number of carbonyl (C=O) groups is 3. The highest BCUT2D eigenvalue weighted by atomic mass is 35.5. The zero-order valence-electron chi connectivity index (χ0n) is 35.3. The van der Waals surface area contributed by atoms with E-state index in [0.29, 0.717) is 22.3 Å². The van der Waals surface area contributed by atoms with E-state index >= 15 is 0 Å². The SMILES string of the molecule is Cc1cc(C)c(C(=O)COc2cccnc2)c(C)c1.Cc1cc(C)c(C(=O)CSc2ccccn2)c(C)c1.Cc1ccc(OCC(=O)C(C)(C)c2ccc(Cl)cc2)cn1. The first kappa shape index (κ1) is 46.1. The number of halogens is 1. The van der Waals surface area contributed by atoms with E-state index in [1.165, 1.54) is 22.9 Å². The van der Waals surface area contributed by atoms with Gasteiger partial charge in [0.25, 0.3) is 0 Å². The second kappa shape index (κ2) is 21.9. The third-order valence-corrected chi connectivity index (χ3v) is 10.6. The monoisotopic (exact) mass is 829 g/mol. The molecule has 10 heteroatoms. The Hall–Kier alpha value is -5.64. The molecule has 0 aliphatic rings.